The Morgan fingerprint density at radius 2 is 1.78 bits per heavy atom. The summed E-state index contributed by atoms with van der Waals surface area (Å²) in [5.41, 5.74) is 6.47. The van der Waals surface area contributed by atoms with Crippen LogP contribution in [-0.2, 0) is 10.0 Å². The number of thiazole rings is 1. The Morgan fingerprint density at radius 1 is 1.05 bits per heavy atom. The number of non-ortho nitro benzene ring substituents is 1. The van der Waals surface area contributed by atoms with E-state index in [0.29, 0.717) is 30.3 Å². The zero-order valence-corrected chi connectivity index (χ0v) is 24.9. The van der Waals surface area contributed by atoms with Crippen molar-refractivity contribution in [1.29, 1.82) is 0 Å². The van der Waals surface area contributed by atoms with E-state index in [1.54, 1.807) is 36.4 Å². The molecule has 3 aromatic carbocycles. The van der Waals surface area contributed by atoms with Crippen LogP contribution in [0.2, 0.25) is 0 Å². The minimum Gasteiger partial charge on any atom is -0.258 e. The molecule has 0 saturated carbocycles. The Kier molecular flexibility index (Phi) is 8.03. The number of benzene rings is 3. The number of nitro benzene ring substituents is 1. The Hall–Kier alpha value is -3.93. The Morgan fingerprint density at radius 3 is 2.46 bits per heavy atom. The summed E-state index contributed by atoms with van der Waals surface area (Å²) in [6.07, 6.45) is 0.568. The molecule has 0 saturated heterocycles. The molecule has 212 valence electrons. The van der Waals surface area contributed by atoms with E-state index < -0.39 is 10.0 Å². The first-order valence-corrected chi connectivity index (χ1v) is 15.7. The van der Waals surface area contributed by atoms with Crippen LogP contribution in [0.4, 0.5) is 10.8 Å². The summed E-state index contributed by atoms with van der Waals surface area (Å²) < 4.78 is 27.2. The normalized spacial score (nSPS) is 15.4. The zero-order chi connectivity index (χ0) is 29.3. The fourth-order valence-electron chi connectivity index (χ4n) is 5.01. The van der Waals surface area contributed by atoms with E-state index in [2.05, 4.69) is 18.2 Å². The number of nitro groups is 1. The van der Waals surface area contributed by atoms with Crippen molar-refractivity contribution in [1.82, 2.24) is 9.29 Å². The summed E-state index contributed by atoms with van der Waals surface area (Å²) >= 11 is 1.42. The van der Waals surface area contributed by atoms with Crippen molar-refractivity contribution >= 4 is 37.9 Å². The molecule has 0 spiro atoms. The SMILES string of the molecule is CCN(CC)S(=O)(=O)c1ccc(-c2csc(N3N=C(c4cc(C)ccc4C)C[C@H]3c3cccc([N+](=O)[O-])c3)n2)cc1. The lowest BCUT2D eigenvalue weighted by atomic mass is 9.95. The van der Waals surface area contributed by atoms with Gasteiger partial charge in [-0.2, -0.15) is 9.41 Å². The second-order valence-electron chi connectivity index (χ2n) is 9.91. The standard InChI is InChI=1S/C30H31N5O4S2/c1-5-33(6-2)41(38,39)25-14-12-22(13-15-25)28-19-40-30(31-28)34-29(23-8-7-9-24(17-23)35(36)37)18-27(32-34)26-16-20(3)10-11-21(26)4/h7-17,19,29H,5-6,18H2,1-4H3/t29-/m0/s1. The van der Waals surface area contributed by atoms with Crippen LogP contribution in [0.15, 0.2) is 82.1 Å². The maximum absolute atomic E-state index is 12.9. The molecular formula is C30H31N5O4S2. The van der Waals surface area contributed by atoms with Gasteiger partial charge in [-0.25, -0.2) is 18.4 Å². The lowest BCUT2D eigenvalue weighted by molar-refractivity contribution is -0.384. The summed E-state index contributed by atoms with van der Waals surface area (Å²) in [5, 5.41) is 20.9. The molecule has 5 rings (SSSR count). The van der Waals surface area contributed by atoms with Crippen molar-refractivity contribution in [2.75, 3.05) is 18.1 Å². The van der Waals surface area contributed by atoms with Crippen LogP contribution < -0.4 is 5.01 Å². The van der Waals surface area contributed by atoms with Gasteiger partial charge in [0, 0.05) is 48.2 Å². The van der Waals surface area contributed by atoms with Crippen molar-refractivity contribution in [3.8, 4) is 11.3 Å². The van der Waals surface area contributed by atoms with E-state index in [1.165, 1.54) is 21.7 Å². The monoisotopic (exact) mass is 589 g/mol. The second kappa shape index (κ2) is 11.5. The van der Waals surface area contributed by atoms with Crippen molar-refractivity contribution in [3.05, 3.63) is 104 Å². The van der Waals surface area contributed by atoms with E-state index in [1.807, 2.05) is 44.2 Å². The molecule has 1 aliphatic heterocycles. The van der Waals surface area contributed by atoms with Gasteiger partial charge in [0.25, 0.3) is 5.69 Å². The van der Waals surface area contributed by atoms with E-state index in [9.17, 15) is 18.5 Å². The van der Waals surface area contributed by atoms with Crippen LogP contribution in [0.25, 0.3) is 11.3 Å². The van der Waals surface area contributed by atoms with Gasteiger partial charge in [0.15, 0.2) is 0 Å². The van der Waals surface area contributed by atoms with E-state index in [-0.39, 0.29) is 21.5 Å². The molecule has 0 N–H and O–H groups in total. The van der Waals surface area contributed by atoms with Gasteiger partial charge in [0.2, 0.25) is 15.2 Å². The van der Waals surface area contributed by atoms with Crippen LogP contribution in [-0.4, -0.2) is 41.4 Å². The predicted molar refractivity (Wildman–Crippen MR) is 163 cm³/mol. The molecule has 1 aliphatic rings. The van der Waals surface area contributed by atoms with E-state index in [0.717, 1.165) is 33.5 Å². The quantitative estimate of drug-likeness (QED) is 0.158. The highest BCUT2D eigenvalue weighted by Gasteiger charge is 2.33. The second-order valence-corrected chi connectivity index (χ2v) is 12.7. The average molecular weight is 590 g/mol. The third kappa shape index (κ3) is 5.65. The molecule has 1 aromatic heterocycles. The lowest BCUT2D eigenvalue weighted by Gasteiger charge is -2.21. The molecular weight excluding hydrogens is 558 g/mol. The topological polar surface area (TPSA) is 109 Å². The summed E-state index contributed by atoms with van der Waals surface area (Å²) in [7, 11) is -3.55. The summed E-state index contributed by atoms with van der Waals surface area (Å²) in [6, 6.07) is 19.4. The number of aryl methyl sites for hydroxylation is 2. The minimum absolute atomic E-state index is 0.0298. The molecule has 0 radical (unpaired) electrons. The first-order valence-electron chi connectivity index (χ1n) is 13.4. The first kappa shape index (κ1) is 28.6. The van der Waals surface area contributed by atoms with Gasteiger partial charge in [0.1, 0.15) is 0 Å². The highest BCUT2D eigenvalue weighted by Crippen LogP contribution is 2.40. The van der Waals surface area contributed by atoms with Gasteiger partial charge in [-0.05, 0) is 43.2 Å². The predicted octanol–water partition coefficient (Wildman–Crippen LogP) is 6.72. The number of hydrogen-bond donors (Lipinski definition) is 0. The third-order valence-electron chi connectivity index (χ3n) is 7.26. The molecule has 11 heteroatoms. The minimum atomic E-state index is -3.55. The largest absolute Gasteiger partial charge is 0.269 e. The number of anilines is 1. The zero-order valence-electron chi connectivity index (χ0n) is 23.3. The fraction of sp³-hybridized carbons (Fsp3) is 0.267. The van der Waals surface area contributed by atoms with Crippen LogP contribution in [0.3, 0.4) is 0 Å². The van der Waals surface area contributed by atoms with Crippen molar-refractivity contribution < 1.29 is 13.3 Å². The number of hydrogen-bond acceptors (Lipinski definition) is 8. The van der Waals surface area contributed by atoms with Gasteiger partial charge in [0.05, 0.1) is 27.3 Å². The molecule has 4 aromatic rings. The van der Waals surface area contributed by atoms with Gasteiger partial charge < -0.3 is 0 Å². The summed E-state index contributed by atoms with van der Waals surface area (Å²) in [4.78, 5) is 16.2. The highest BCUT2D eigenvalue weighted by atomic mass is 32.2. The van der Waals surface area contributed by atoms with Crippen molar-refractivity contribution in [3.63, 3.8) is 0 Å². The number of rotatable bonds is 9. The summed E-state index contributed by atoms with van der Waals surface area (Å²) in [6.45, 7) is 8.54. The molecule has 2 heterocycles. The van der Waals surface area contributed by atoms with E-state index in [4.69, 9.17) is 10.1 Å². The van der Waals surface area contributed by atoms with Crippen molar-refractivity contribution in [2.45, 2.75) is 45.1 Å². The maximum atomic E-state index is 12.9. The van der Waals surface area contributed by atoms with Crippen LogP contribution in [0.1, 0.15) is 48.6 Å². The smallest absolute Gasteiger partial charge is 0.258 e. The Bertz CT molecular complexity index is 1730. The molecule has 9 nitrogen and oxygen atoms in total. The number of aromatic nitrogens is 1. The average Bonchev–Trinajstić information content (AvgIpc) is 3.63. The summed E-state index contributed by atoms with van der Waals surface area (Å²) in [5.74, 6) is 0. The number of nitrogens with zero attached hydrogens (tertiary/aromatic N) is 5. The highest BCUT2D eigenvalue weighted by molar-refractivity contribution is 7.89. The van der Waals surface area contributed by atoms with Gasteiger partial charge >= 0.3 is 0 Å². The molecule has 41 heavy (non-hydrogen) atoms. The van der Waals surface area contributed by atoms with Gasteiger partial charge in [-0.3, -0.25) is 10.1 Å². The Labute approximate surface area is 244 Å². The van der Waals surface area contributed by atoms with E-state index >= 15 is 0 Å². The van der Waals surface area contributed by atoms with Gasteiger partial charge in [-0.15, -0.1) is 11.3 Å². The molecule has 0 amide bonds. The maximum Gasteiger partial charge on any atom is 0.269 e. The molecule has 0 bridgehead atoms. The third-order valence-corrected chi connectivity index (χ3v) is 10.2. The molecule has 0 fully saturated rings. The number of hydrazone groups is 1. The van der Waals surface area contributed by atoms with Crippen LogP contribution in [0, 0.1) is 24.0 Å². The van der Waals surface area contributed by atoms with Crippen molar-refractivity contribution in [2.24, 2.45) is 5.10 Å². The first-order chi connectivity index (χ1) is 19.6. The molecule has 0 unspecified atom stereocenters. The van der Waals surface area contributed by atoms with Crippen LogP contribution in [0.5, 0.6) is 0 Å². The van der Waals surface area contributed by atoms with Gasteiger partial charge in [-0.1, -0.05) is 55.8 Å². The lowest BCUT2D eigenvalue weighted by Crippen LogP contribution is -2.30. The molecule has 0 aliphatic carbocycles. The number of sulfonamides is 1. The molecule has 1 atom stereocenters. The Balaban J connectivity index is 1.51. The van der Waals surface area contributed by atoms with Crippen LogP contribution >= 0.6 is 11.3 Å². The fourth-order valence-corrected chi connectivity index (χ4v) is 7.30.